The Morgan fingerprint density at radius 3 is 2.55 bits per heavy atom. The van der Waals surface area contributed by atoms with Crippen molar-refractivity contribution in [3.63, 3.8) is 0 Å². The fraction of sp³-hybridized carbons (Fsp3) is 0.217. The SMILES string of the molecule is Cc1ccc(N2CCC(=O)N(C)c3cnc(Nc4ccc(C(N)=O)c(C)c4)nc32)cc1. The molecule has 0 fully saturated rings. The van der Waals surface area contributed by atoms with Crippen molar-refractivity contribution in [3.8, 4) is 0 Å². The summed E-state index contributed by atoms with van der Waals surface area (Å²) in [6.45, 7) is 4.37. The standard InChI is InChI=1S/C23H24N6O2/c1-14-4-7-17(8-5-14)29-11-10-20(30)28(3)19-13-25-23(27-22(19)29)26-16-6-9-18(21(24)31)15(2)12-16/h4-9,12-13H,10-11H2,1-3H3,(H2,24,31)(H,25,26,27). The van der Waals surface area contributed by atoms with E-state index in [1.807, 2.05) is 49.1 Å². The molecule has 8 heteroatoms. The van der Waals surface area contributed by atoms with Crippen LogP contribution in [0.4, 0.5) is 28.8 Å². The number of primary amides is 1. The third kappa shape index (κ3) is 4.05. The summed E-state index contributed by atoms with van der Waals surface area (Å²) >= 11 is 0. The molecule has 0 saturated heterocycles. The molecule has 4 rings (SSSR count). The number of rotatable bonds is 4. The Bertz CT molecular complexity index is 1160. The number of hydrogen-bond donors (Lipinski definition) is 2. The summed E-state index contributed by atoms with van der Waals surface area (Å²) in [7, 11) is 1.74. The van der Waals surface area contributed by atoms with Crippen LogP contribution in [0.2, 0.25) is 0 Å². The zero-order valence-electron chi connectivity index (χ0n) is 17.7. The maximum absolute atomic E-state index is 12.5. The number of carbonyl (C=O) groups excluding carboxylic acids is 2. The van der Waals surface area contributed by atoms with Crippen LogP contribution in [0.25, 0.3) is 0 Å². The van der Waals surface area contributed by atoms with Gasteiger partial charge in [0, 0.05) is 37.0 Å². The highest BCUT2D eigenvalue weighted by Gasteiger charge is 2.27. The minimum absolute atomic E-state index is 0.0119. The molecule has 3 N–H and O–H groups in total. The van der Waals surface area contributed by atoms with Crippen LogP contribution >= 0.6 is 0 Å². The van der Waals surface area contributed by atoms with Gasteiger partial charge in [0.25, 0.3) is 0 Å². The number of carbonyl (C=O) groups is 2. The van der Waals surface area contributed by atoms with Crippen molar-refractivity contribution in [2.75, 3.05) is 28.7 Å². The quantitative estimate of drug-likeness (QED) is 0.675. The molecule has 0 aliphatic carbocycles. The van der Waals surface area contributed by atoms with Gasteiger partial charge in [0.1, 0.15) is 5.69 Å². The van der Waals surface area contributed by atoms with Crippen molar-refractivity contribution in [3.05, 3.63) is 65.4 Å². The molecule has 1 aromatic heterocycles. The molecule has 8 nitrogen and oxygen atoms in total. The van der Waals surface area contributed by atoms with E-state index in [2.05, 4.69) is 10.3 Å². The smallest absolute Gasteiger partial charge is 0.248 e. The van der Waals surface area contributed by atoms with Gasteiger partial charge in [-0.15, -0.1) is 0 Å². The summed E-state index contributed by atoms with van der Waals surface area (Å²) in [5.74, 6) is 0.592. The second kappa shape index (κ2) is 8.06. The number of hydrogen-bond acceptors (Lipinski definition) is 6. The molecule has 0 saturated carbocycles. The first-order chi connectivity index (χ1) is 14.8. The molecule has 0 spiro atoms. The number of anilines is 5. The Hall–Kier alpha value is -3.94. The molecule has 2 aromatic carbocycles. The van der Waals surface area contributed by atoms with E-state index in [0.29, 0.717) is 36.0 Å². The number of nitrogens with two attached hydrogens (primary N) is 1. The van der Waals surface area contributed by atoms with Crippen LogP contribution in [0.3, 0.4) is 0 Å². The lowest BCUT2D eigenvalue weighted by molar-refractivity contribution is -0.118. The van der Waals surface area contributed by atoms with Crippen molar-refractivity contribution in [2.45, 2.75) is 20.3 Å². The number of nitrogens with one attached hydrogen (secondary N) is 1. The van der Waals surface area contributed by atoms with Gasteiger partial charge in [-0.25, -0.2) is 4.98 Å². The number of fused-ring (bicyclic) bond motifs is 1. The van der Waals surface area contributed by atoms with Crippen molar-refractivity contribution >= 4 is 40.6 Å². The maximum atomic E-state index is 12.5. The minimum Gasteiger partial charge on any atom is -0.366 e. The van der Waals surface area contributed by atoms with E-state index in [9.17, 15) is 9.59 Å². The van der Waals surface area contributed by atoms with Crippen molar-refractivity contribution < 1.29 is 9.59 Å². The van der Waals surface area contributed by atoms with Crippen LogP contribution in [0.5, 0.6) is 0 Å². The first kappa shape index (κ1) is 20.3. The third-order valence-electron chi connectivity index (χ3n) is 5.38. The summed E-state index contributed by atoms with van der Waals surface area (Å²) in [6, 6.07) is 13.4. The molecule has 0 atom stereocenters. The zero-order valence-corrected chi connectivity index (χ0v) is 17.7. The zero-order chi connectivity index (χ0) is 22.1. The Labute approximate surface area is 180 Å². The Kier molecular flexibility index (Phi) is 5.29. The largest absolute Gasteiger partial charge is 0.366 e. The molecule has 158 valence electrons. The van der Waals surface area contributed by atoms with Gasteiger partial charge in [0.15, 0.2) is 5.82 Å². The van der Waals surface area contributed by atoms with E-state index in [-0.39, 0.29) is 5.91 Å². The van der Waals surface area contributed by atoms with E-state index in [0.717, 1.165) is 22.5 Å². The maximum Gasteiger partial charge on any atom is 0.248 e. The van der Waals surface area contributed by atoms with Crippen LogP contribution in [-0.4, -0.2) is 35.4 Å². The first-order valence-electron chi connectivity index (χ1n) is 9.99. The van der Waals surface area contributed by atoms with Crippen molar-refractivity contribution in [2.24, 2.45) is 5.73 Å². The Balaban J connectivity index is 1.73. The highest BCUT2D eigenvalue weighted by atomic mass is 16.2. The fourth-order valence-corrected chi connectivity index (χ4v) is 3.60. The van der Waals surface area contributed by atoms with E-state index in [4.69, 9.17) is 10.7 Å². The first-order valence-corrected chi connectivity index (χ1v) is 9.99. The number of amides is 2. The summed E-state index contributed by atoms with van der Waals surface area (Å²) in [5, 5.41) is 3.18. The van der Waals surface area contributed by atoms with Gasteiger partial charge >= 0.3 is 0 Å². The second-order valence-electron chi connectivity index (χ2n) is 7.61. The number of benzene rings is 2. The van der Waals surface area contributed by atoms with E-state index in [1.165, 1.54) is 0 Å². The van der Waals surface area contributed by atoms with Crippen LogP contribution in [0.15, 0.2) is 48.7 Å². The van der Waals surface area contributed by atoms with Gasteiger partial charge < -0.3 is 20.9 Å². The van der Waals surface area contributed by atoms with Crippen LogP contribution in [0.1, 0.15) is 27.9 Å². The van der Waals surface area contributed by atoms with E-state index < -0.39 is 5.91 Å². The summed E-state index contributed by atoms with van der Waals surface area (Å²) < 4.78 is 0. The predicted molar refractivity (Wildman–Crippen MR) is 121 cm³/mol. The summed E-state index contributed by atoms with van der Waals surface area (Å²) in [5.41, 5.74) is 10.1. The molecule has 1 aliphatic heterocycles. The lowest BCUT2D eigenvalue weighted by atomic mass is 10.1. The number of nitrogens with zero attached hydrogens (tertiary/aromatic N) is 4. The Morgan fingerprint density at radius 1 is 1.13 bits per heavy atom. The summed E-state index contributed by atoms with van der Waals surface area (Å²) in [6.07, 6.45) is 2.02. The normalized spacial score (nSPS) is 13.6. The molecule has 31 heavy (non-hydrogen) atoms. The Morgan fingerprint density at radius 2 is 1.87 bits per heavy atom. The minimum atomic E-state index is -0.466. The number of aromatic nitrogens is 2. The van der Waals surface area contributed by atoms with Crippen molar-refractivity contribution in [1.82, 2.24) is 9.97 Å². The molecular formula is C23H24N6O2. The van der Waals surface area contributed by atoms with Crippen LogP contribution in [0, 0.1) is 13.8 Å². The molecule has 2 heterocycles. The molecule has 0 bridgehead atoms. The van der Waals surface area contributed by atoms with Gasteiger partial charge in [-0.05, 0) is 49.7 Å². The molecule has 3 aromatic rings. The molecular weight excluding hydrogens is 392 g/mol. The van der Waals surface area contributed by atoms with Crippen molar-refractivity contribution in [1.29, 1.82) is 0 Å². The van der Waals surface area contributed by atoms with Gasteiger partial charge in [-0.3, -0.25) is 9.59 Å². The third-order valence-corrected chi connectivity index (χ3v) is 5.38. The highest BCUT2D eigenvalue weighted by Crippen LogP contribution is 2.36. The predicted octanol–water partition coefficient (Wildman–Crippen LogP) is 3.44. The average molecular weight is 416 g/mol. The van der Waals surface area contributed by atoms with Crippen LogP contribution in [-0.2, 0) is 4.79 Å². The van der Waals surface area contributed by atoms with Gasteiger partial charge in [-0.2, -0.15) is 4.98 Å². The molecule has 0 unspecified atom stereocenters. The molecule has 1 aliphatic rings. The molecule has 0 radical (unpaired) electrons. The van der Waals surface area contributed by atoms with Crippen LogP contribution < -0.4 is 20.9 Å². The fourth-order valence-electron chi connectivity index (χ4n) is 3.60. The lowest BCUT2D eigenvalue weighted by Crippen LogP contribution is -2.25. The molecule has 2 amide bonds. The second-order valence-corrected chi connectivity index (χ2v) is 7.61. The lowest BCUT2D eigenvalue weighted by Gasteiger charge is -2.24. The topological polar surface area (TPSA) is 104 Å². The number of aryl methyl sites for hydroxylation is 2. The summed E-state index contributed by atoms with van der Waals surface area (Å²) in [4.78, 5) is 36.7. The van der Waals surface area contributed by atoms with Gasteiger partial charge in [-0.1, -0.05) is 17.7 Å². The van der Waals surface area contributed by atoms with Gasteiger partial charge in [0.05, 0.1) is 6.20 Å². The van der Waals surface area contributed by atoms with E-state index >= 15 is 0 Å². The highest BCUT2D eigenvalue weighted by molar-refractivity contribution is 5.98. The van der Waals surface area contributed by atoms with Gasteiger partial charge in [0.2, 0.25) is 17.8 Å². The average Bonchev–Trinajstić information content (AvgIpc) is 2.85. The monoisotopic (exact) mass is 416 g/mol. The van der Waals surface area contributed by atoms with E-state index in [1.54, 1.807) is 30.3 Å².